The lowest BCUT2D eigenvalue weighted by molar-refractivity contribution is 0.0642. The molecule has 1 aromatic rings. The second-order valence-corrected chi connectivity index (χ2v) is 7.39. The summed E-state index contributed by atoms with van der Waals surface area (Å²) in [6.07, 6.45) is 5.58. The monoisotopic (exact) mass is 282 g/mol. The van der Waals surface area contributed by atoms with Crippen LogP contribution in [-0.2, 0) is 10.3 Å². The number of thiazole rings is 1. The van der Waals surface area contributed by atoms with Crippen LogP contribution in [0.4, 0.5) is 0 Å². The zero-order valence-electron chi connectivity index (χ0n) is 12.5. The van der Waals surface area contributed by atoms with Gasteiger partial charge in [0.1, 0.15) is 5.01 Å². The van der Waals surface area contributed by atoms with Crippen molar-refractivity contribution in [2.24, 2.45) is 11.3 Å². The molecule has 1 heterocycles. The van der Waals surface area contributed by atoms with Gasteiger partial charge >= 0.3 is 0 Å². The smallest absolute Gasteiger partial charge is 0.113 e. The van der Waals surface area contributed by atoms with Gasteiger partial charge < -0.3 is 10.1 Å². The van der Waals surface area contributed by atoms with E-state index in [1.165, 1.54) is 24.3 Å². The molecule has 0 aliphatic heterocycles. The number of hydrogen-bond acceptors (Lipinski definition) is 4. The van der Waals surface area contributed by atoms with Crippen LogP contribution in [0.15, 0.2) is 11.6 Å². The fraction of sp³-hybridized carbons (Fsp3) is 0.800. The minimum absolute atomic E-state index is 0.0439. The Hall–Kier alpha value is -0.450. The zero-order valence-corrected chi connectivity index (χ0v) is 13.3. The summed E-state index contributed by atoms with van der Waals surface area (Å²) < 4.78 is 5.19. The van der Waals surface area contributed by atoms with Gasteiger partial charge in [-0.05, 0) is 30.6 Å². The highest BCUT2D eigenvalue weighted by Crippen LogP contribution is 2.49. The van der Waals surface area contributed by atoms with Crippen LogP contribution in [0.2, 0.25) is 0 Å². The van der Waals surface area contributed by atoms with Gasteiger partial charge in [-0.1, -0.05) is 20.8 Å². The van der Waals surface area contributed by atoms with Gasteiger partial charge in [0.2, 0.25) is 0 Å². The lowest BCUT2D eigenvalue weighted by atomic mass is 9.64. The van der Waals surface area contributed by atoms with E-state index in [4.69, 9.17) is 4.74 Å². The van der Waals surface area contributed by atoms with E-state index >= 15 is 0 Å². The van der Waals surface area contributed by atoms with Crippen molar-refractivity contribution in [2.75, 3.05) is 20.3 Å². The van der Waals surface area contributed by atoms with Crippen LogP contribution in [0.3, 0.4) is 0 Å². The summed E-state index contributed by atoms with van der Waals surface area (Å²) in [5, 5.41) is 7.08. The molecule has 1 saturated carbocycles. The van der Waals surface area contributed by atoms with Crippen molar-refractivity contribution < 1.29 is 4.74 Å². The molecular formula is C15H26N2OS. The average Bonchev–Trinajstić information content (AvgIpc) is 2.86. The maximum atomic E-state index is 5.19. The standard InChI is InChI=1S/C15H26N2OS/c1-12-11-14(2,3)5-6-15(12,17-7-9-18-4)13-16-8-10-19-13/h8,10,12,17H,5-7,9,11H2,1-4H3. The van der Waals surface area contributed by atoms with Gasteiger partial charge in [-0.3, -0.25) is 0 Å². The third-order valence-electron chi connectivity index (χ3n) is 4.46. The number of nitrogens with one attached hydrogen (secondary N) is 1. The van der Waals surface area contributed by atoms with Crippen molar-refractivity contribution in [1.29, 1.82) is 0 Å². The molecule has 0 radical (unpaired) electrons. The molecule has 2 unspecified atom stereocenters. The first-order valence-electron chi connectivity index (χ1n) is 7.14. The van der Waals surface area contributed by atoms with Crippen molar-refractivity contribution in [2.45, 2.75) is 45.6 Å². The van der Waals surface area contributed by atoms with E-state index in [0.717, 1.165) is 13.2 Å². The lowest BCUT2D eigenvalue weighted by Crippen LogP contribution is -2.52. The first-order valence-corrected chi connectivity index (χ1v) is 8.02. The molecule has 0 bridgehead atoms. The zero-order chi connectivity index (χ0) is 13.9. The quantitative estimate of drug-likeness (QED) is 0.840. The Morgan fingerprint density at radius 3 is 2.84 bits per heavy atom. The first-order chi connectivity index (χ1) is 9.00. The van der Waals surface area contributed by atoms with Crippen LogP contribution in [0.1, 0.15) is 45.0 Å². The molecular weight excluding hydrogens is 256 g/mol. The van der Waals surface area contributed by atoms with Crippen LogP contribution in [0.5, 0.6) is 0 Å². The summed E-state index contributed by atoms with van der Waals surface area (Å²) in [6.45, 7) is 8.76. The molecule has 108 valence electrons. The largest absolute Gasteiger partial charge is 0.383 e. The molecule has 4 heteroatoms. The molecule has 1 N–H and O–H groups in total. The van der Waals surface area contributed by atoms with E-state index in [-0.39, 0.29) is 5.54 Å². The van der Waals surface area contributed by atoms with Crippen LogP contribution in [0, 0.1) is 11.3 Å². The Kier molecular flexibility index (Phi) is 4.64. The van der Waals surface area contributed by atoms with Crippen molar-refractivity contribution in [1.82, 2.24) is 10.3 Å². The molecule has 1 fully saturated rings. The van der Waals surface area contributed by atoms with E-state index in [1.54, 1.807) is 18.4 Å². The highest BCUT2D eigenvalue weighted by molar-refractivity contribution is 7.09. The Morgan fingerprint density at radius 2 is 2.26 bits per heavy atom. The van der Waals surface area contributed by atoms with Gasteiger partial charge in [0.15, 0.2) is 0 Å². The maximum absolute atomic E-state index is 5.19. The van der Waals surface area contributed by atoms with Gasteiger partial charge in [-0.25, -0.2) is 4.98 Å². The normalized spacial score (nSPS) is 30.4. The van der Waals surface area contributed by atoms with E-state index in [9.17, 15) is 0 Å². The number of aromatic nitrogens is 1. The third kappa shape index (κ3) is 3.18. The van der Waals surface area contributed by atoms with Gasteiger partial charge in [-0.15, -0.1) is 11.3 Å². The minimum Gasteiger partial charge on any atom is -0.383 e. The summed E-state index contributed by atoms with van der Waals surface area (Å²) in [5.41, 5.74) is 0.491. The van der Waals surface area contributed by atoms with Crippen molar-refractivity contribution in [3.8, 4) is 0 Å². The fourth-order valence-electron chi connectivity index (χ4n) is 3.36. The van der Waals surface area contributed by atoms with Crippen molar-refractivity contribution >= 4 is 11.3 Å². The maximum Gasteiger partial charge on any atom is 0.113 e. The van der Waals surface area contributed by atoms with E-state index < -0.39 is 0 Å². The van der Waals surface area contributed by atoms with Crippen LogP contribution in [0.25, 0.3) is 0 Å². The number of nitrogens with zero attached hydrogens (tertiary/aromatic N) is 1. The van der Waals surface area contributed by atoms with Crippen LogP contribution in [-0.4, -0.2) is 25.2 Å². The molecule has 2 rings (SSSR count). The molecule has 1 aliphatic carbocycles. The van der Waals surface area contributed by atoms with E-state index in [2.05, 4.69) is 36.5 Å². The Balaban J connectivity index is 2.20. The molecule has 19 heavy (non-hydrogen) atoms. The van der Waals surface area contributed by atoms with Crippen molar-refractivity contribution in [3.05, 3.63) is 16.6 Å². The Bertz CT molecular complexity index is 391. The molecule has 0 spiro atoms. The predicted molar refractivity (Wildman–Crippen MR) is 80.5 cm³/mol. The van der Waals surface area contributed by atoms with E-state index in [1.807, 2.05) is 6.20 Å². The molecule has 0 aromatic carbocycles. The molecule has 0 amide bonds. The Morgan fingerprint density at radius 1 is 1.47 bits per heavy atom. The van der Waals surface area contributed by atoms with Gasteiger partial charge in [-0.2, -0.15) is 0 Å². The molecule has 2 atom stereocenters. The average molecular weight is 282 g/mol. The summed E-state index contributed by atoms with van der Waals surface area (Å²) in [4.78, 5) is 4.60. The number of hydrogen-bond donors (Lipinski definition) is 1. The minimum atomic E-state index is 0.0439. The lowest BCUT2D eigenvalue weighted by Gasteiger charge is -2.48. The SMILES string of the molecule is COCCNC1(c2nccs2)CCC(C)(C)CC1C. The molecule has 1 aromatic heterocycles. The second-order valence-electron chi connectivity index (χ2n) is 6.50. The number of rotatable bonds is 5. The first kappa shape index (κ1) is 14.9. The van der Waals surface area contributed by atoms with Gasteiger partial charge in [0.25, 0.3) is 0 Å². The summed E-state index contributed by atoms with van der Waals surface area (Å²) in [6, 6.07) is 0. The fourth-order valence-corrected chi connectivity index (χ4v) is 4.32. The third-order valence-corrected chi connectivity index (χ3v) is 5.41. The van der Waals surface area contributed by atoms with Crippen LogP contribution < -0.4 is 5.32 Å². The van der Waals surface area contributed by atoms with Crippen molar-refractivity contribution in [3.63, 3.8) is 0 Å². The van der Waals surface area contributed by atoms with Gasteiger partial charge in [0, 0.05) is 25.2 Å². The number of methoxy groups -OCH3 is 1. The van der Waals surface area contributed by atoms with Crippen LogP contribution >= 0.6 is 11.3 Å². The van der Waals surface area contributed by atoms with Gasteiger partial charge in [0.05, 0.1) is 12.1 Å². The highest BCUT2D eigenvalue weighted by Gasteiger charge is 2.46. The summed E-state index contributed by atoms with van der Waals surface area (Å²) in [7, 11) is 1.76. The Labute approximate surface area is 120 Å². The summed E-state index contributed by atoms with van der Waals surface area (Å²) >= 11 is 1.78. The molecule has 0 saturated heterocycles. The highest BCUT2D eigenvalue weighted by atomic mass is 32.1. The predicted octanol–water partition coefficient (Wildman–Crippen LogP) is 3.42. The summed E-state index contributed by atoms with van der Waals surface area (Å²) in [5.74, 6) is 0.597. The second kappa shape index (κ2) is 5.90. The van der Waals surface area contributed by atoms with E-state index in [0.29, 0.717) is 11.3 Å². The topological polar surface area (TPSA) is 34.1 Å². The molecule has 1 aliphatic rings. The molecule has 3 nitrogen and oxygen atoms in total. The number of ether oxygens (including phenoxy) is 1.